The SMILES string of the molecule is CC(=O)Nc1ccc(-c2csc(NC(=O)C3CC4CCCC(C3)C4N)n2)cc1.Cl. The summed E-state index contributed by atoms with van der Waals surface area (Å²) >= 11 is 1.44. The van der Waals surface area contributed by atoms with Crippen molar-refractivity contribution in [3.8, 4) is 11.3 Å². The van der Waals surface area contributed by atoms with E-state index in [0.717, 1.165) is 42.6 Å². The fourth-order valence-corrected chi connectivity index (χ4v) is 5.32. The van der Waals surface area contributed by atoms with Gasteiger partial charge in [-0.1, -0.05) is 18.6 Å². The van der Waals surface area contributed by atoms with Gasteiger partial charge in [0.2, 0.25) is 11.8 Å². The molecule has 2 atom stereocenters. The molecule has 4 rings (SSSR count). The summed E-state index contributed by atoms with van der Waals surface area (Å²) < 4.78 is 0. The molecule has 2 saturated carbocycles. The Kier molecular flexibility index (Phi) is 6.93. The fourth-order valence-electron chi connectivity index (χ4n) is 4.60. The highest BCUT2D eigenvalue weighted by molar-refractivity contribution is 7.14. The molecule has 6 nitrogen and oxygen atoms in total. The van der Waals surface area contributed by atoms with Crippen molar-refractivity contribution in [3.05, 3.63) is 29.6 Å². The molecule has 2 bridgehead atoms. The third-order valence-corrected chi connectivity index (χ3v) is 6.78. The van der Waals surface area contributed by atoms with Crippen molar-refractivity contribution in [1.82, 2.24) is 4.98 Å². The van der Waals surface area contributed by atoms with Gasteiger partial charge in [0.1, 0.15) is 0 Å². The number of amides is 2. The summed E-state index contributed by atoms with van der Waals surface area (Å²) in [5.74, 6) is 0.985. The second kappa shape index (κ2) is 9.24. The Morgan fingerprint density at radius 3 is 2.38 bits per heavy atom. The van der Waals surface area contributed by atoms with E-state index in [1.165, 1.54) is 24.7 Å². The molecule has 8 heteroatoms. The smallest absolute Gasteiger partial charge is 0.229 e. The number of benzene rings is 1. The van der Waals surface area contributed by atoms with Crippen LogP contribution in [0.2, 0.25) is 0 Å². The van der Waals surface area contributed by atoms with Gasteiger partial charge in [0.15, 0.2) is 5.13 Å². The lowest BCUT2D eigenvalue weighted by molar-refractivity contribution is -0.122. The predicted octanol–water partition coefficient (Wildman–Crippen LogP) is 4.28. The predicted molar refractivity (Wildman–Crippen MR) is 119 cm³/mol. The number of rotatable bonds is 4. The number of anilines is 2. The van der Waals surface area contributed by atoms with Crippen molar-refractivity contribution in [2.75, 3.05) is 10.6 Å². The number of fused-ring (bicyclic) bond motifs is 2. The molecule has 2 fully saturated rings. The van der Waals surface area contributed by atoms with E-state index in [1.807, 2.05) is 29.6 Å². The number of nitrogens with two attached hydrogens (primary N) is 1. The Hall–Kier alpha value is -1.96. The summed E-state index contributed by atoms with van der Waals surface area (Å²) in [7, 11) is 0. The lowest BCUT2D eigenvalue weighted by atomic mass is 9.65. The second-order valence-electron chi connectivity index (χ2n) is 7.98. The summed E-state index contributed by atoms with van der Waals surface area (Å²) in [6, 6.07) is 7.78. The molecule has 2 aliphatic rings. The molecular formula is C21H27ClN4O2S. The van der Waals surface area contributed by atoms with E-state index in [2.05, 4.69) is 15.6 Å². The van der Waals surface area contributed by atoms with E-state index in [4.69, 9.17) is 5.73 Å². The van der Waals surface area contributed by atoms with Crippen LogP contribution < -0.4 is 16.4 Å². The van der Waals surface area contributed by atoms with Crippen LogP contribution in [-0.4, -0.2) is 22.8 Å². The molecular weight excluding hydrogens is 408 g/mol. The molecule has 2 aliphatic carbocycles. The Morgan fingerprint density at radius 2 is 1.76 bits per heavy atom. The normalized spacial score (nSPS) is 25.6. The van der Waals surface area contributed by atoms with Gasteiger partial charge >= 0.3 is 0 Å². The molecule has 1 aromatic heterocycles. The average molecular weight is 435 g/mol. The topological polar surface area (TPSA) is 97.1 Å². The van der Waals surface area contributed by atoms with E-state index in [0.29, 0.717) is 17.0 Å². The Balaban J connectivity index is 0.00000240. The van der Waals surface area contributed by atoms with E-state index >= 15 is 0 Å². The van der Waals surface area contributed by atoms with Crippen molar-refractivity contribution >= 4 is 46.4 Å². The van der Waals surface area contributed by atoms with Gasteiger partial charge in [0, 0.05) is 35.5 Å². The van der Waals surface area contributed by atoms with Crippen LogP contribution >= 0.6 is 23.7 Å². The Bertz CT molecular complexity index is 856. The van der Waals surface area contributed by atoms with Crippen LogP contribution in [0.1, 0.15) is 39.0 Å². The highest BCUT2D eigenvalue weighted by Gasteiger charge is 2.40. The van der Waals surface area contributed by atoms with Crippen LogP contribution in [-0.2, 0) is 9.59 Å². The van der Waals surface area contributed by atoms with Gasteiger partial charge in [-0.15, -0.1) is 23.7 Å². The maximum absolute atomic E-state index is 12.8. The van der Waals surface area contributed by atoms with Crippen LogP contribution in [0, 0.1) is 17.8 Å². The number of halogens is 1. The van der Waals surface area contributed by atoms with Crippen molar-refractivity contribution in [2.24, 2.45) is 23.5 Å². The number of thiazole rings is 1. The molecule has 156 valence electrons. The van der Waals surface area contributed by atoms with Gasteiger partial charge in [-0.3, -0.25) is 9.59 Å². The Labute approximate surface area is 181 Å². The van der Waals surface area contributed by atoms with Crippen molar-refractivity contribution < 1.29 is 9.59 Å². The molecule has 0 radical (unpaired) electrons. The number of nitrogens with one attached hydrogen (secondary N) is 2. The lowest BCUT2D eigenvalue weighted by Crippen LogP contribution is -2.48. The summed E-state index contributed by atoms with van der Waals surface area (Å²) in [5.41, 5.74) is 8.85. The molecule has 0 spiro atoms. The van der Waals surface area contributed by atoms with E-state index in [9.17, 15) is 9.59 Å². The maximum Gasteiger partial charge on any atom is 0.229 e. The number of carbonyl (C=O) groups excluding carboxylic acids is 2. The quantitative estimate of drug-likeness (QED) is 0.668. The van der Waals surface area contributed by atoms with Gasteiger partial charge in [0.25, 0.3) is 0 Å². The van der Waals surface area contributed by atoms with Crippen molar-refractivity contribution in [2.45, 2.75) is 45.1 Å². The van der Waals surface area contributed by atoms with Crippen molar-refractivity contribution in [3.63, 3.8) is 0 Å². The molecule has 2 aromatic rings. The number of nitrogens with zero attached hydrogens (tertiary/aromatic N) is 1. The maximum atomic E-state index is 12.8. The Morgan fingerprint density at radius 1 is 1.10 bits per heavy atom. The van der Waals surface area contributed by atoms with Gasteiger partial charge in [0.05, 0.1) is 5.69 Å². The summed E-state index contributed by atoms with van der Waals surface area (Å²) in [6.45, 7) is 1.48. The zero-order valence-corrected chi connectivity index (χ0v) is 18.0. The largest absolute Gasteiger partial charge is 0.327 e. The number of hydrogen-bond acceptors (Lipinski definition) is 5. The van der Waals surface area contributed by atoms with Gasteiger partial charge in [-0.25, -0.2) is 4.98 Å². The minimum atomic E-state index is -0.0979. The number of aromatic nitrogens is 1. The van der Waals surface area contributed by atoms with Crippen LogP contribution in [0.25, 0.3) is 11.3 Å². The minimum Gasteiger partial charge on any atom is -0.327 e. The second-order valence-corrected chi connectivity index (χ2v) is 8.84. The van der Waals surface area contributed by atoms with E-state index < -0.39 is 0 Å². The standard InChI is InChI=1S/C21H26N4O2S.ClH/c1-12(26)23-17-7-5-13(6-8-17)18-11-28-21(24-18)25-20(27)16-9-14-3-2-4-15(10-16)19(14)22;/h5-8,11,14-16,19H,2-4,9-10,22H2,1H3,(H,23,26)(H,24,25,27);1H. The van der Waals surface area contributed by atoms with Crippen LogP contribution in [0.3, 0.4) is 0 Å². The highest BCUT2D eigenvalue weighted by Crippen LogP contribution is 2.42. The fraction of sp³-hybridized carbons (Fsp3) is 0.476. The first-order chi connectivity index (χ1) is 13.5. The molecule has 0 saturated heterocycles. The van der Waals surface area contributed by atoms with E-state index in [1.54, 1.807) is 0 Å². The number of carbonyl (C=O) groups is 2. The lowest BCUT2D eigenvalue weighted by Gasteiger charge is -2.43. The van der Waals surface area contributed by atoms with Gasteiger partial charge in [-0.2, -0.15) is 0 Å². The van der Waals surface area contributed by atoms with Crippen LogP contribution in [0.4, 0.5) is 10.8 Å². The van der Waals surface area contributed by atoms with Crippen LogP contribution in [0.5, 0.6) is 0 Å². The highest BCUT2D eigenvalue weighted by atomic mass is 35.5. The molecule has 0 aliphatic heterocycles. The molecule has 2 amide bonds. The summed E-state index contributed by atoms with van der Waals surface area (Å²) in [4.78, 5) is 28.5. The first-order valence-corrected chi connectivity index (χ1v) is 10.8. The zero-order chi connectivity index (χ0) is 19.7. The van der Waals surface area contributed by atoms with E-state index in [-0.39, 0.29) is 36.2 Å². The first-order valence-electron chi connectivity index (χ1n) is 9.89. The summed E-state index contributed by atoms with van der Waals surface area (Å²) in [5, 5.41) is 8.33. The number of hydrogen-bond donors (Lipinski definition) is 3. The van der Waals surface area contributed by atoms with Gasteiger partial charge in [-0.05, 0) is 49.7 Å². The molecule has 2 unspecified atom stereocenters. The van der Waals surface area contributed by atoms with Crippen LogP contribution in [0.15, 0.2) is 29.6 Å². The first kappa shape index (κ1) is 21.7. The molecule has 1 aromatic carbocycles. The molecule has 4 N–H and O–H groups in total. The third-order valence-electron chi connectivity index (χ3n) is 6.02. The minimum absolute atomic E-state index is 0. The third kappa shape index (κ3) is 4.97. The van der Waals surface area contributed by atoms with Crippen molar-refractivity contribution in [1.29, 1.82) is 0 Å². The van der Waals surface area contributed by atoms with Gasteiger partial charge < -0.3 is 16.4 Å². The zero-order valence-electron chi connectivity index (χ0n) is 16.4. The average Bonchev–Trinajstić information content (AvgIpc) is 3.10. The molecule has 1 heterocycles. The molecule has 29 heavy (non-hydrogen) atoms. The summed E-state index contributed by atoms with van der Waals surface area (Å²) in [6.07, 6.45) is 5.33. The monoisotopic (exact) mass is 434 g/mol.